The fourth-order valence-electron chi connectivity index (χ4n) is 5.69. The van der Waals surface area contributed by atoms with E-state index in [0.717, 1.165) is 31.0 Å². The van der Waals surface area contributed by atoms with Gasteiger partial charge in [-0.25, -0.2) is 13.4 Å². The van der Waals surface area contributed by atoms with Crippen molar-refractivity contribution in [2.24, 2.45) is 22.2 Å². The molecule has 2 aliphatic carbocycles. The summed E-state index contributed by atoms with van der Waals surface area (Å²) in [7, 11) is -2.85. The van der Waals surface area contributed by atoms with Crippen molar-refractivity contribution in [1.29, 1.82) is 0 Å². The number of nitrogens with zero attached hydrogens (tertiary/aromatic N) is 1. The lowest BCUT2D eigenvalue weighted by atomic mass is 9.54. The predicted molar refractivity (Wildman–Crippen MR) is 108 cm³/mol. The summed E-state index contributed by atoms with van der Waals surface area (Å²) in [5.74, 6) is 2.17. The van der Waals surface area contributed by atoms with Gasteiger partial charge in [0.1, 0.15) is 0 Å². The summed E-state index contributed by atoms with van der Waals surface area (Å²) in [6.07, 6.45) is 7.33. The van der Waals surface area contributed by atoms with Crippen LogP contribution in [-0.4, -0.2) is 57.7 Å². The van der Waals surface area contributed by atoms with Crippen LogP contribution in [0.1, 0.15) is 45.4 Å². The Labute approximate surface area is 163 Å². The number of nitrogens with one attached hydrogen (secondary N) is 2. The second kappa shape index (κ2) is 7.39. The van der Waals surface area contributed by atoms with Gasteiger partial charge >= 0.3 is 0 Å². The number of sulfone groups is 1. The Morgan fingerprint density at radius 1 is 1.30 bits per heavy atom. The van der Waals surface area contributed by atoms with E-state index in [1.807, 2.05) is 6.92 Å². The zero-order valence-electron chi connectivity index (χ0n) is 16.4. The summed E-state index contributed by atoms with van der Waals surface area (Å²) >= 11 is 0. The molecule has 152 valence electrons. The molecular formula is C20H33N3O3S. The van der Waals surface area contributed by atoms with E-state index < -0.39 is 9.84 Å². The highest BCUT2D eigenvalue weighted by Gasteiger charge is 2.65. The second-order valence-electron chi connectivity index (χ2n) is 9.08. The predicted octanol–water partition coefficient (Wildman–Crippen LogP) is 1.88. The van der Waals surface area contributed by atoms with Gasteiger partial charge in [0.25, 0.3) is 0 Å². The van der Waals surface area contributed by atoms with E-state index in [2.05, 4.69) is 17.2 Å². The molecule has 4 rings (SSSR count). The quantitative estimate of drug-likeness (QED) is 0.422. The molecule has 0 aromatic rings. The molecule has 2 aliphatic heterocycles. The van der Waals surface area contributed by atoms with Crippen molar-refractivity contribution in [3.8, 4) is 0 Å². The minimum Gasteiger partial charge on any atom is -0.377 e. The molecule has 27 heavy (non-hydrogen) atoms. The summed E-state index contributed by atoms with van der Waals surface area (Å²) in [6, 6.07) is 0.413. The van der Waals surface area contributed by atoms with Crippen LogP contribution in [0.25, 0.3) is 0 Å². The molecule has 4 unspecified atom stereocenters. The Bertz CT molecular complexity index is 712. The monoisotopic (exact) mass is 395 g/mol. The normalized spacial score (nSPS) is 36.4. The second-order valence-corrected chi connectivity index (χ2v) is 11.3. The molecule has 1 spiro atoms. The first-order valence-electron chi connectivity index (χ1n) is 10.4. The number of aliphatic imine (C=N–C) groups is 1. The molecule has 2 heterocycles. The molecule has 2 N–H and O–H groups in total. The van der Waals surface area contributed by atoms with E-state index in [1.165, 1.54) is 25.7 Å². The Morgan fingerprint density at radius 2 is 2.07 bits per heavy atom. The van der Waals surface area contributed by atoms with Crippen LogP contribution in [0.4, 0.5) is 0 Å². The Balaban J connectivity index is 1.43. The molecule has 2 saturated heterocycles. The minimum atomic E-state index is -2.85. The standard InChI is InChI=1S/C20H33N3O3S/c1-14(2)11-21-19(22-12-15-6-10-27(24,25)13-15)23-17-16-5-9-26-18(16)20(17)7-3-4-8-20/h15-18H,1,3-13H2,2H3,(H2,21,22,23). The molecule has 0 amide bonds. The number of hydrogen-bond donors (Lipinski definition) is 2. The summed E-state index contributed by atoms with van der Waals surface area (Å²) in [4.78, 5) is 4.72. The van der Waals surface area contributed by atoms with E-state index >= 15 is 0 Å². The average molecular weight is 396 g/mol. The summed E-state index contributed by atoms with van der Waals surface area (Å²) in [6.45, 7) is 8.06. The summed E-state index contributed by atoms with van der Waals surface area (Å²) in [5.41, 5.74) is 1.29. The number of fused-ring (bicyclic) bond motifs is 2. The molecule has 0 aromatic heterocycles. The number of hydrogen-bond acceptors (Lipinski definition) is 4. The molecule has 0 bridgehead atoms. The Kier molecular flexibility index (Phi) is 5.27. The molecule has 0 radical (unpaired) electrons. The number of rotatable bonds is 5. The van der Waals surface area contributed by atoms with Crippen molar-refractivity contribution in [2.75, 3.05) is 31.2 Å². The molecule has 0 aromatic carbocycles. The lowest BCUT2D eigenvalue weighted by Gasteiger charge is -2.57. The third kappa shape index (κ3) is 3.77. The zero-order chi connectivity index (χ0) is 19.1. The van der Waals surface area contributed by atoms with Gasteiger partial charge in [0.2, 0.25) is 0 Å². The van der Waals surface area contributed by atoms with E-state index in [0.29, 0.717) is 42.7 Å². The van der Waals surface area contributed by atoms with Crippen molar-refractivity contribution >= 4 is 15.8 Å². The number of guanidine groups is 1. The Morgan fingerprint density at radius 3 is 2.74 bits per heavy atom. The van der Waals surface area contributed by atoms with Gasteiger partial charge < -0.3 is 15.4 Å². The highest BCUT2D eigenvalue weighted by atomic mass is 32.2. The molecule has 4 atom stereocenters. The largest absolute Gasteiger partial charge is 0.377 e. The van der Waals surface area contributed by atoms with E-state index in [-0.39, 0.29) is 11.3 Å². The van der Waals surface area contributed by atoms with Gasteiger partial charge in [-0.3, -0.25) is 0 Å². The van der Waals surface area contributed by atoms with Crippen LogP contribution < -0.4 is 10.6 Å². The molecule has 2 saturated carbocycles. The minimum absolute atomic E-state index is 0.177. The van der Waals surface area contributed by atoms with Crippen LogP contribution in [-0.2, 0) is 14.6 Å². The van der Waals surface area contributed by atoms with Crippen LogP contribution in [0.15, 0.2) is 17.1 Å². The van der Waals surface area contributed by atoms with Gasteiger partial charge in [0.15, 0.2) is 15.8 Å². The highest BCUT2D eigenvalue weighted by Crippen LogP contribution is 2.60. The van der Waals surface area contributed by atoms with Crippen LogP contribution in [0.5, 0.6) is 0 Å². The lowest BCUT2D eigenvalue weighted by molar-refractivity contribution is -0.125. The Hall–Kier alpha value is -1.08. The SMILES string of the molecule is C=C(C)CN=C(NCC1CCS(=O)(=O)C1)NC1C2CCOC2C12CCCC2. The summed E-state index contributed by atoms with van der Waals surface area (Å²) < 4.78 is 29.5. The molecule has 4 aliphatic rings. The van der Waals surface area contributed by atoms with Crippen molar-refractivity contribution in [3.05, 3.63) is 12.2 Å². The zero-order valence-corrected chi connectivity index (χ0v) is 17.2. The molecule has 6 nitrogen and oxygen atoms in total. The average Bonchev–Trinajstić information content (AvgIpc) is 3.32. The van der Waals surface area contributed by atoms with Crippen LogP contribution in [0.3, 0.4) is 0 Å². The highest BCUT2D eigenvalue weighted by molar-refractivity contribution is 7.91. The van der Waals surface area contributed by atoms with E-state index in [4.69, 9.17) is 9.73 Å². The maximum atomic E-state index is 11.7. The third-order valence-corrected chi connectivity index (χ3v) is 8.81. The third-order valence-electron chi connectivity index (χ3n) is 6.97. The number of ether oxygens (including phenoxy) is 1. The fraction of sp³-hybridized carbons (Fsp3) is 0.850. The molecular weight excluding hydrogens is 362 g/mol. The lowest BCUT2D eigenvalue weighted by Crippen LogP contribution is -2.69. The van der Waals surface area contributed by atoms with Crippen LogP contribution >= 0.6 is 0 Å². The van der Waals surface area contributed by atoms with Crippen molar-refractivity contribution in [3.63, 3.8) is 0 Å². The maximum Gasteiger partial charge on any atom is 0.191 e. The first-order valence-corrected chi connectivity index (χ1v) is 12.2. The molecule has 4 fully saturated rings. The van der Waals surface area contributed by atoms with Gasteiger partial charge in [-0.1, -0.05) is 25.0 Å². The van der Waals surface area contributed by atoms with Gasteiger partial charge in [-0.2, -0.15) is 0 Å². The van der Waals surface area contributed by atoms with Crippen molar-refractivity contribution in [2.45, 2.75) is 57.6 Å². The first kappa shape index (κ1) is 19.2. The first-order chi connectivity index (χ1) is 12.9. The van der Waals surface area contributed by atoms with Gasteiger partial charge in [-0.05, 0) is 38.5 Å². The van der Waals surface area contributed by atoms with Gasteiger partial charge in [-0.15, -0.1) is 0 Å². The topological polar surface area (TPSA) is 79.8 Å². The van der Waals surface area contributed by atoms with Gasteiger partial charge in [0, 0.05) is 30.5 Å². The maximum absolute atomic E-state index is 11.7. The summed E-state index contributed by atoms with van der Waals surface area (Å²) in [5, 5.41) is 7.16. The molecule has 7 heteroatoms. The van der Waals surface area contributed by atoms with Crippen LogP contribution in [0, 0.1) is 17.3 Å². The van der Waals surface area contributed by atoms with Crippen LogP contribution in [0.2, 0.25) is 0 Å². The van der Waals surface area contributed by atoms with E-state index in [1.54, 1.807) is 0 Å². The fourth-order valence-corrected chi connectivity index (χ4v) is 7.55. The van der Waals surface area contributed by atoms with Crippen molar-refractivity contribution in [1.82, 2.24) is 10.6 Å². The van der Waals surface area contributed by atoms with Gasteiger partial charge in [0.05, 0.1) is 24.2 Å². The smallest absolute Gasteiger partial charge is 0.191 e. The van der Waals surface area contributed by atoms with Crippen molar-refractivity contribution < 1.29 is 13.2 Å². The van der Waals surface area contributed by atoms with E-state index in [9.17, 15) is 8.42 Å².